The van der Waals surface area contributed by atoms with Crippen LogP contribution in [0.2, 0.25) is 0 Å². The van der Waals surface area contributed by atoms with Gasteiger partial charge in [0.2, 0.25) is 5.91 Å². The van der Waals surface area contributed by atoms with E-state index in [0.29, 0.717) is 0 Å². The van der Waals surface area contributed by atoms with Gasteiger partial charge in [-0.1, -0.05) is 96.9 Å². The fraction of sp³-hybridized carbons (Fsp3) is 0.259. The molecule has 0 spiro atoms. The molecule has 30 heavy (non-hydrogen) atoms. The van der Waals surface area contributed by atoms with Crippen molar-refractivity contribution in [1.82, 2.24) is 5.43 Å². The van der Waals surface area contributed by atoms with Gasteiger partial charge in [0.25, 0.3) is 0 Å². The maximum Gasteiger partial charge on any atom is 0.244 e. The fourth-order valence-corrected chi connectivity index (χ4v) is 4.41. The average Bonchev–Trinajstić information content (AvgIpc) is 3.52. The lowest BCUT2D eigenvalue weighted by atomic mass is 9.84. The summed E-state index contributed by atoms with van der Waals surface area (Å²) in [4.78, 5) is 13.2. The van der Waals surface area contributed by atoms with Gasteiger partial charge in [-0.3, -0.25) is 4.79 Å². The number of amides is 1. The van der Waals surface area contributed by atoms with E-state index < -0.39 is 0 Å². The zero-order valence-corrected chi connectivity index (χ0v) is 17.9. The van der Waals surface area contributed by atoms with Crippen LogP contribution in [0, 0.1) is 19.8 Å². The van der Waals surface area contributed by atoms with E-state index in [0.717, 1.165) is 24.1 Å². The van der Waals surface area contributed by atoms with Crippen LogP contribution in [0.15, 0.2) is 84.0 Å². The van der Waals surface area contributed by atoms with Crippen molar-refractivity contribution in [3.05, 3.63) is 107 Å². The van der Waals surface area contributed by atoms with Gasteiger partial charge in [0, 0.05) is 5.41 Å². The van der Waals surface area contributed by atoms with Crippen molar-refractivity contribution in [2.45, 2.75) is 39.0 Å². The molecule has 3 nitrogen and oxygen atoms in total. The Morgan fingerprint density at radius 3 is 2.07 bits per heavy atom. The largest absolute Gasteiger partial charge is 0.273 e. The highest BCUT2D eigenvalue weighted by atomic mass is 16.2. The minimum atomic E-state index is -0.281. The molecule has 152 valence electrons. The quantitative estimate of drug-likeness (QED) is 0.431. The number of aryl methyl sites for hydroxylation is 2. The molecule has 1 N–H and O–H groups in total. The summed E-state index contributed by atoms with van der Waals surface area (Å²) in [5.41, 5.74) is 9.34. The number of rotatable bonds is 6. The number of benzene rings is 3. The molecule has 1 aliphatic carbocycles. The highest BCUT2D eigenvalue weighted by molar-refractivity contribution is 6.01. The van der Waals surface area contributed by atoms with E-state index in [-0.39, 0.29) is 17.2 Å². The molecule has 3 aromatic rings. The Labute approximate surface area is 178 Å². The number of carbonyl (C=O) groups is 1. The van der Waals surface area contributed by atoms with Gasteiger partial charge in [0.15, 0.2) is 0 Å². The molecule has 0 bridgehead atoms. The fourth-order valence-electron chi connectivity index (χ4n) is 4.41. The number of carbonyl (C=O) groups excluding carboxylic acids is 1. The lowest BCUT2D eigenvalue weighted by molar-refractivity contribution is -0.122. The maximum atomic E-state index is 13.2. The molecular formula is C27H28N2O. The van der Waals surface area contributed by atoms with E-state index >= 15 is 0 Å². The van der Waals surface area contributed by atoms with Crippen LogP contribution in [0.3, 0.4) is 0 Å². The SMILES string of the molecule is CC/C(=N\NC(=O)[C@H]1CC1(c1cccc(C)c1)c1cccc(C)c1)c1ccccc1. The van der Waals surface area contributed by atoms with E-state index in [1.54, 1.807) is 0 Å². The van der Waals surface area contributed by atoms with E-state index in [4.69, 9.17) is 0 Å². The van der Waals surface area contributed by atoms with Crippen molar-refractivity contribution < 1.29 is 4.79 Å². The molecule has 1 amide bonds. The van der Waals surface area contributed by atoms with Gasteiger partial charge in [-0.05, 0) is 43.4 Å². The molecule has 0 aromatic heterocycles. The van der Waals surface area contributed by atoms with Gasteiger partial charge in [-0.25, -0.2) is 5.43 Å². The van der Waals surface area contributed by atoms with Crippen LogP contribution in [0.5, 0.6) is 0 Å². The third-order valence-electron chi connectivity index (χ3n) is 6.09. The lowest BCUT2D eigenvalue weighted by Gasteiger charge is -2.20. The van der Waals surface area contributed by atoms with E-state index in [1.807, 2.05) is 30.3 Å². The van der Waals surface area contributed by atoms with E-state index in [1.165, 1.54) is 22.3 Å². The normalized spacial score (nSPS) is 17.4. The first-order chi connectivity index (χ1) is 14.5. The Hall–Kier alpha value is -3.20. The third-order valence-corrected chi connectivity index (χ3v) is 6.09. The van der Waals surface area contributed by atoms with Gasteiger partial charge in [-0.2, -0.15) is 5.10 Å². The second-order valence-corrected chi connectivity index (χ2v) is 8.22. The Kier molecular flexibility index (Phi) is 5.54. The van der Waals surface area contributed by atoms with Gasteiger partial charge in [-0.15, -0.1) is 0 Å². The number of hydrazone groups is 1. The molecule has 0 saturated heterocycles. The molecule has 3 aromatic carbocycles. The van der Waals surface area contributed by atoms with E-state index in [2.05, 4.69) is 79.8 Å². The van der Waals surface area contributed by atoms with Crippen LogP contribution in [0.1, 0.15) is 47.6 Å². The van der Waals surface area contributed by atoms with E-state index in [9.17, 15) is 4.79 Å². The molecule has 1 aliphatic rings. The smallest absolute Gasteiger partial charge is 0.244 e. The second kappa shape index (κ2) is 8.27. The highest BCUT2D eigenvalue weighted by Crippen LogP contribution is 2.59. The Morgan fingerprint density at radius 1 is 0.933 bits per heavy atom. The Bertz CT molecular complexity index is 1040. The van der Waals surface area contributed by atoms with Crippen molar-refractivity contribution in [3.63, 3.8) is 0 Å². The number of hydrogen-bond acceptors (Lipinski definition) is 2. The predicted molar refractivity (Wildman–Crippen MR) is 123 cm³/mol. The average molecular weight is 397 g/mol. The van der Waals surface area contributed by atoms with Gasteiger partial charge >= 0.3 is 0 Å². The molecule has 1 saturated carbocycles. The molecular weight excluding hydrogens is 368 g/mol. The van der Waals surface area contributed by atoms with Gasteiger partial charge in [0.1, 0.15) is 0 Å². The monoisotopic (exact) mass is 396 g/mol. The zero-order valence-electron chi connectivity index (χ0n) is 17.9. The van der Waals surface area contributed by atoms with Crippen molar-refractivity contribution in [2.75, 3.05) is 0 Å². The molecule has 0 unspecified atom stereocenters. The standard InChI is InChI=1S/C27H28N2O/c1-4-25(21-12-6-5-7-13-21)28-29-26(30)24-18-27(24,22-14-8-10-19(2)16-22)23-15-9-11-20(3)17-23/h5-17,24H,4,18H2,1-3H3,(H,29,30)/b28-25+/t24-/m1/s1. The molecule has 0 aliphatic heterocycles. The Morgan fingerprint density at radius 2 is 1.53 bits per heavy atom. The summed E-state index contributed by atoms with van der Waals surface area (Å²) in [6.07, 6.45) is 1.56. The highest BCUT2D eigenvalue weighted by Gasteiger charge is 2.60. The first-order valence-corrected chi connectivity index (χ1v) is 10.6. The molecule has 0 radical (unpaired) electrons. The van der Waals surface area contributed by atoms with Crippen LogP contribution in [0.4, 0.5) is 0 Å². The molecule has 4 rings (SSSR count). The minimum absolute atomic E-state index is 0.0140. The van der Waals surface area contributed by atoms with Gasteiger partial charge < -0.3 is 0 Å². The van der Waals surface area contributed by atoms with Gasteiger partial charge in [0.05, 0.1) is 11.6 Å². The van der Waals surface area contributed by atoms with Crippen LogP contribution >= 0.6 is 0 Å². The summed E-state index contributed by atoms with van der Waals surface area (Å²) in [5, 5.41) is 4.48. The summed E-state index contributed by atoms with van der Waals surface area (Å²) in [6.45, 7) is 6.25. The van der Waals surface area contributed by atoms with Crippen LogP contribution in [-0.2, 0) is 10.2 Å². The van der Waals surface area contributed by atoms with Crippen LogP contribution in [0.25, 0.3) is 0 Å². The van der Waals surface area contributed by atoms with Crippen molar-refractivity contribution >= 4 is 11.6 Å². The summed E-state index contributed by atoms with van der Waals surface area (Å²) < 4.78 is 0. The topological polar surface area (TPSA) is 41.5 Å². The third kappa shape index (κ3) is 3.80. The maximum absolute atomic E-state index is 13.2. The summed E-state index contributed by atoms with van der Waals surface area (Å²) in [7, 11) is 0. The molecule has 1 fully saturated rings. The summed E-state index contributed by atoms with van der Waals surface area (Å²) in [5.74, 6) is -0.140. The summed E-state index contributed by atoms with van der Waals surface area (Å²) in [6, 6.07) is 27.1. The number of nitrogens with zero attached hydrogens (tertiary/aromatic N) is 1. The number of hydrogen-bond donors (Lipinski definition) is 1. The van der Waals surface area contributed by atoms with Crippen molar-refractivity contribution in [1.29, 1.82) is 0 Å². The molecule has 0 heterocycles. The zero-order chi connectivity index (χ0) is 21.1. The summed E-state index contributed by atoms with van der Waals surface area (Å²) >= 11 is 0. The lowest BCUT2D eigenvalue weighted by Crippen LogP contribution is -2.26. The minimum Gasteiger partial charge on any atom is -0.273 e. The predicted octanol–water partition coefficient (Wildman–Crippen LogP) is 5.54. The van der Waals surface area contributed by atoms with Crippen molar-refractivity contribution in [2.24, 2.45) is 11.0 Å². The molecule has 3 heteroatoms. The van der Waals surface area contributed by atoms with Crippen molar-refractivity contribution in [3.8, 4) is 0 Å². The molecule has 1 atom stereocenters. The van der Waals surface area contributed by atoms with Crippen LogP contribution < -0.4 is 5.43 Å². The first kappa shape index (κ1) is 20.1. The second-order valence-electron chi connectivity index (χ2n) is 8.22. The first-order valence-electron chi connectivity index (χ1n) is 10.6. The Balaban J connectivity index is 1.63. The number of nitrogens with one attached hydrogen (secondary N) is 1. The van der Waals surface area contributed by atoms with Crippen LogP contribution in [-0.4, -0.2) is 11.6 Å².